The number of carbonyl (C=O) groups excluding carboxylic acids is 2. The molecule has 0 aliphatic heterocycles. The molecule has 2 amide bonds. The Morgan fingerprint density at radius 2 is 2.04 bits per heavy atom. The lowest BCUT2D eigenvalue weighted by molar-refractivity contribution is -0.123. The van der Waals surface area contributed by atoms with Crippen LogP contribution in [0.25, 0.3) is 10.8 Å². The lowest BCUT2D eigenvalue weighted by Crippen LogP contribution is -2.47. The van der Waals surface area contributed by atoms with Crippen LogP contribution in [0.15, 0.2) is 58.5 Å². The molecule has 2 N–H and O–H groups in total. The fourth-order valence-corrected chi connectivity index (χ4v) is 3.25. The van der Waals surface area contributed by atoms with Gasteiger partial charge >= 0.3 is 6.09 Å². The van der Waals surface area contributed by atoms with Crippen molar-refractivity contribution < 1.29 is 18.7 Å². The molecular formula is C19H19N3O4S. The van der Waals surface area contributed by atoms with Crippen molar-refractivity contribution in [2.45, 2.75) is 19.0 Å². The summed E-state index contributed by atoms with van der Waals surface area (Å²) in [6.45, 7) is 0.254. The van der Waals surface area contributed by atoms with Crippen LogP contribution in [-0.2, 0) is 22.5 Å². The SMILES string of the molecule is COC(=O)N[C@@H](Cc1ccccc1)C(=O)NCc1csc(-c2ccco2)n1. The second-order valence-corrected chi connectivity index (χ2v) is 6.58. The van der Waals surface area contributed by atoms with Crippen LogP contribution in [0.4, 0.5) is 4.79 Å². The fraction of sp³-hybridized carbons (Fsp3) is 0.211. The molecule has 27 heavy (non-hydrogen) atoms. The number of hydrogen-bond donors (Lipinski definition) is 2. The van der Waals surface area contributed by atoms with Gasteiger partial charge in [-0.05, 0) is 17.7 Å². The van der Waals surface area contributed by atoms with Gasteiger partial charge in [-0.1, -0.05) is 30.3 Å². The number of nitrogens with zero attached hydrogens (tertiary/aromatic N) is 1. The number of furan rings is 1. The highest BCUT2D eigenvalue weighted by Gasteiger charge is 2.21. The van der Waals surface area contributed by atoms with E-state index >= 15 is 0 Å². The van der Waals surface area contributed by atoms with Crippen molar-refractivity contribution in [2.75, 3.05) is 7.11 Å². The summed E-state index contributed by atoms with van der Waals surface area (Å²) in [6.07, 6.45) is 1.29. The number of nitrogens with one attached hydrogen (secondary N) is 2. The first-order valence-corrected chi connectivity index (χ1v) is 9.18. The summed E-state index contributed by atoms with van der Waals surface area (Å²) in [5, 5.41) is 7.99. The Hall–Kier alpha value is -3.13. The Bertz CT molecular complexity index is 878. The number of rotatable bonds is 7. The molecule has 0 spiro atoms. The van der Waals surface area contributed by atoms with Gasteiger partial charge in [0.25, 0.3) is 0 Å². The zero-order valence-electron chi connectivity index (χ0n) is 14.7. The van der Waals surface area contributed by atoms with Crippen LogP contribution >= 0.6 is 11.3 Å². The molecule has 8 heteroatoms. The summed E-state index contributed by atoms with van der Waals surface area (Å²) in [6, 6.07) is 12.3. The average Bonchev–Trinajstić information content (AvgIpc) is 3.37. The van der Waals surface area contributed by atoms with Gasteiger partial charge in [-0.2, -0.15) is 0 Å². The topological polar surface area (TPSA) is 93.5 Å². The highest BCUT2D eigenvalue weighted by atomic mass is 32.1. The first kappa shape index (κ1) is 18.7. The van der Waals surface area contributed by atoms with Gasteiger partial charge < -0.3 is 19.8 Å². The molecule has 1 atom stereocenters. The summed E-state index contributed by atoms with van der Waals surface area (Å²) in [5.74, 6) is 0.378. The highest BCUT2D eigenvalue weighted by Crippen LogP contribution is 2.23. The van der Waals surface area contributed by atoms with E-state index in [1.165, 1.54) is 18.4 Å². The predicted octanol–water partition coefficient (Wildman–Crippen LogP) is 2.99. The van der Waals surface area contributed by atoms with Crippen molar-refractivity contribution in [2.24, 2.45) is 0 Å². The highest BCUT2D eigenvalue weighted by molar-refractivity contribution is 7.13. The largest absolute Gasteiger partial charge is 0.462 e. The van der Waals surface area contributed by atoms with Crippen LogP contribution in [0, 0.1) is 0 Å². The van der Waals surface area contributed by atoms with Crippen LogP contribution in [0.1, 0.15) is 11.3 Å². The molecule has 0 radical (unpaired) electrons. The quantitative estimate of drug-likeness (QED) is 0.652. The van der Waals surface area contributed by atoms with Crippen molar-refractivity contribution >= 4 is 23.3 Å². The Morgan fingerprint density at radius 3 is 2.74 bits per heavy atom. The summed E-state index contributed by atoms with van der Waals surface area (Å²) in [4.78, 5) is 28.6. The zero-order chi connectivity index (χ0) is 19.1. The van der Waals surface area contributed by atoms with Crippen LogP contribution < -0.4 is 10.6 Å². The molecule has 7 nitrogen and oxygen atoms in total. The minimum absolute atomic E-state index is 0.254. The Morgan fingerprint density at radius 1 is 1.22 bits per heavy atom. The number of ether oxygens (including phenoxy) is 1. The van der Waals surface area contributed by atoms with Gasteiger partial charge in [-0.3, -0.25) is 4.79 Å². The van der Waals surface area contributed by atoms with E-state index in [4.69, 9.17) is 4.42 Å². The van der Waals surface area contributed by atoms with E-state index in [0.717, 1.165) is 16.3 Å². The summed E-state index contributed by atoms with van der Waals surface area (Å²) in [5.41, 5.74) is 1.65. The molecule has 0 fully saturated rings. The van der Waals surface area contributed by atoms with Gasteiger partial charge in [0.05, 0.1) is 25.6 Å². The molecule has 0 saturated carbocycles. The van der Waals surface area contributed by atoms with E-state index in [9.17, 15) is 9.59 Å². The molecule has 0 aliphatic carbocycles. The van der Waals surface area contributed by atoms with Crippen LogP contribution in [-0.4, -0.2) is 30.1 Å². The van der Waals surface area contributed by atoms with Gasteiger partial charge in [0.15, 0.2) is 10.8 Å². The van der Waals surface area contributed by atoms with E-state index < -0.39 is 12.1 Å². The van der Waals surface area contributed by atoms with E-state index in [1.54, 1.807) is 12.3 Å². The maximum Gasteiger partial charge on any atom is 0.407 e. The molecule has 3 aromatic rings. The third-order valence-electron chi connectivity index (χ3n) is 3.80. The summed E-state index contributed by atoms with van der Waals surface area (Å²) in [7, 11) is 1.26. The molecule has 0 unspecified atom stereocenters. The average molecular weight is 385 g/mol. The minimum atomic E-state index is -0.747. The molecule has 2 aromatic heterocycles. The monoisotopic (exact) mass is 385 g/mol. The Balaban J connectivity index is 1.62. The Kier molecular flexibility index (Phi) is 6.22. The Labute approximate surface area is 160 Å². The first-order valence-electron chi connectivity index (χ1n) is 8.30. The number of hydrogen-bond acceptors (Lipinski definition) is 6. The number of carbonyl (C=O) groups is 2. The lowest BCUT2D eigenvalue weighted by Gasteiger charge is -2.17. The molecule has 0 aliphatic rings. The van der Waals surface area contributed by atoms with Crippen molar-refractivity contribution in [3.63, 3.8) is 0 Å². The third kappa shape index (κ3) is 5.18. The smallest absolute Gasteiger partial charge is 0.407 e. The molecule has 2 heterocycles. The van der Waals surface area contributed by atoms with E-state index in [-0.39, 0.29) is 12.5 Å². The van der Waals surface area contributed by atoms with Gasteiger partial charge in [-0.25, -0.2) is 9.78 Å². The second kappa shape index (κ2) is 9.00. The van der Waals surface area contributed by atoms with Crippen LogP contribution in [0.3, 0.4) is 0 Å². The van der Waals surface area contributed by atoms with E-state index in [0.29, 0.717) is 12.2 Å². The van der Waals surface area contributed by atoms with E-state index in [2.05, 4.69) is 20.4 Å². The number of amides is 2. The van der Waals surface area contributed by atoms with Crippen molar-refractivity contribution in [1.82, 2.24) is 15.6 Å². The van der Waals surface area contributed by atoms with Crippen molar-refractivity contribution in [3.8, 4) is 10.8 Å². The molecule has 0 bridgehead atoms. The first-order chi connectivity index (χ1) is 13.2. The lowest BCUT2D eigenvalue weighted by atomic mass is 10.1. The molecule has 0 saturated heterocycles. The fourth-order valence-electron chi connectivity index (χ4n) is 2.46. The van der Waals surface area contributed by atoms with Crippen molar-refractivity contribution in [3.05, 3.63) is 65.4 Å². The summed E-state index contributed by atoms with van der Waals surface area (Å²) < 4.78 is 9.94. The standard InChI is InChI=1S/C19H19N3O4S/c1-25-19(24)22-15(10-13-6-3-2-4-7-13)17(23)20-11-14-12-27-18(21-14)16-8-5-9-26-16/h2-9,12,15H,10-11H2,1H3,(H,20,23)(H,22,24)/t15-/m0/s1. The predicted molar refractivity (Wildman–Crippen MR) is 101 cm³/mol. The van der Waals surface area contributed by atoms with Gasteiger partial charge in [0.2, 0.25) is 5.91 Å². The number of alkyl carbamates (subject to hydrolysis) is 1. The molecular weight excluding hydrogens is 366 g/mol. The number of benzene rings is 1. The maximum absolute atomic E-state index is 12.6. The third-order valence-corrected chi connectivity index (χ3v) is 4.71. The number of thiazole rings is 1. The number of methoxy groups -OCH3 is 1. The second-order valence-electron chi connectivity index (χ2n) is 5.72. The molecule has 3 rings (SSSR count). The van der Waals surface area contributed by atoms with Crippen LogP contribution in [0.5, 0.6) is 0 Å². The minimum Gasteiger partial charge on any atom is -0.462 e. The number of aromatic nitrogens is 1. The van der Waals surface area contributed by atoms with Crippen molar-refractivity contribution in [1.29, 1.82) is 0 Å². The van der Waals surface area contributed by atoms with Crippen LogP contribution in [0.2, 0.25) is 0 Å². The van der Waals surface area contributed by atoms with E-state index in [1.807, 2.05) is 41.8 Å². The zero-order valence-corrected chi connectivity index (χ0v) is 15.5. The van der Waals surface area contributed by atoms with Gasteiger partial charge in [0.1, 0.15) is 6.04 Å². The normalized spacial score (nSPS) is 11.6. The summed E-state index contributed by atoms with van der Waals surface area (Å²) >= 11 is 1.44. The van der Waals surface area contributed by atoms with Gasteiger partial charge in [-0.15, -0.1) is 11.3 Å². The molecule has 1 aromatic carbocycles. The maximum atomic E-state index is 12.6. The molecule has 140 valence electrons. The van der Waals surface area contributed by atoms with Gasteiger partial charge in [0, 0.05) is 11.8 Å².